The van der Waals surface area contributed by atoms with Crippen molar-refractivity contribution in [1.29, 1.82) is 0 Å². The van der Waals surface area contributed by atoms with Crippen molar-refractivity contribution in [3.05, 3.63) is 29.2 Å². The molecule has 0 aromatic carbocycles. The number of amides is 1. The maximum Gasteiger partial charge on any atom is 0.274 e. The number of carbonyl (C=O) groups is 1. The van der Waals surface area contributed by atoms with Gasteiger partial charge in [0.15, 0.2) is 11.5 Å². The SMILES string of the molecule is CCCn1cnnc1CNC(=O)c1noc2c1CCCC2. The third-order valence-electron chi connectivity index (χ3n) is 3.73. The summed E-state index contributed by atoms with van der Waals surface area (Å²) >= 11 is 0. The van der Waals surface area contributed by atoms with Crippen LogP contribution in [0.2, 0.25) is 0 Å². The second-order valence-corrected chi connectivity index (χ2v) is 5.26. The van der Waals surface area contributed by atoms with E-state index in [-0.39, 0.29) is 5.91 Å². The number of nitrogens with one attached hydrogen (secondary N) is 1. The van der Waals surface area contributed by atoms with E-state index in [1.54, 1.807) is 6.33 Å². The number of aryl methyl sites for hydroxylation is 2. The maximum absolute atomic E-state index is 12.3. The Kier molecular flexibility index (Phi) is 3.98. The Morgan fingerprint density at radius 2 is 2.29 bits per heavy atom. The van der Waals surface area contributed by atoms with Crippen LogP contribution in [-0.4, -0.2) is 25.8 Å². The second kappa shape index (κ2) is 6.07. The van der Waals surface area contributed by atoms with Crippen LogP contribution in [0, 0.1) is 0 Å². The van der Waals surface area contributed by atoms with Crippen molar-refractivity contribution in [2.24, 2.45) is 0 Å². The van der Waals surface area contributed by atoms with Gasteiger partial charge in [0.05, 0.1) is 6.54 Å². The number of carbonyl (C=O) groups excluding carboxylic acids is 1. The molecule has 2 aromatic heterocycles. The first-order valence-corrected chi connectivity index (χ1v) is 7.42. The minimum Gasteiger partial charge on any atom is -0.360 e. The van der Waals surface area contributed by atoms with Gasteiger partial charge in [-0.2, -0.15) is 0 Å². The van der Waals surface area contributed by atoms with Crippen molar-refractivity contribution in [3.63, 3.8) is 0 Å². The van der Waals surface area contributed by atoms with E-state index in [1.807, 2.05) is 4.57 Å². The summed E-state index contributed by atoms with van der Waals surface area (Å²) in [6.07, 6.45) is 6.61. The third-order valence-corrected chi connectivity index (χ3v) is 3.73. The fourth-order valence-electron chi connectivity index (χ4n) is 2.65. The molecule has 0 unspecified atom stereocenters. The molecule has 0 fully saturated rings. The predicted molar refractivity (Wildman–Crippen MR) is 74.6 cm³/mol. The van der Waals surface area contributed by atoms with Crippen molar-refractivity contribution in [2.75, 3.05) is 0 Å². The normalized spacial score (nSPS) is 14.0. The van der Waals surface area contributed by atoms with E-state index in [0.29, 0.717) is 12.2 Å². The molecule has 1 aliphatic rings. The largest absolute Gasteiger partial charge is 0.360 e. The van der Waals surface area contributed by atoms with Crippen LogP contribution >= 0.6 is 0 Å². The molecule has 0 bridgehead atoms. The highest BCUT2D eigenvalue weighted by Gasteiger charge is 2.23. The first-order valence-electron chi connectivity index (χ1n) is 7.42. The summed E-state index contributed by atoms with van der Waals surface area (Å²) in [5.41, 5.74) is 1.39. The van der Waals surface area contributed by atoms with E-state index >= 15 is 0 Å². The van der Waals surface area contributed by atoms with E-state index in [2.05, 4.69) is 27.6 Å². The molecule has 0 atom stereocenters. The van der Waals surface area contributed by atoms with Crippen molar-refractivity contribution in [3.8, 4) is 0 Å². The lowest BCUT2D eigenvalue weighted by molar-refractivity contribution is 0.0939. The molecule has 1 N–H and O–H groups in total. The number of hydrogen-bond donors (Lipinski definition) is 1. The summed E-state index contributed by atoms with van der Waals surface area (Å²) in [7, 11) is 0. The van der Waals surface area contributed by atoms with Gasteiger partial charge in [0, 0.05) is 18.5 Å². The summed E-state index contributed by atoms with van der Waals surface area (Å²) in [5.74, 6) is 1.41. The highest BCUT2D eigenvalue weighted by molar-refractivity contribution is 5.93. The smallest absolute Gasteiger partial charge is 0.274 e. The average Bonchev–Trinajstić information content (AvgIpc) is 3.12. The lowest BCUT2D eigenvalue weighted by Crippen LogP contribution is -2.26. The Labute approximate surface area is 122 Å². The van der Waals surface area contributed by atoms with Gasteiger partial charge in [0.2, 0.25) is 0 Å². The Hall–Kier alpha value is -2.18. The Balaban J connectivity index is 1.66. The van der Waals surface area contributed by atoms with E-state index in [0.717, 1.165) is 55.8 Å². The van der Waals surface area contributed by atoms with Gasteiger partial charge in [-0.05, 0) is 25.7 Å². The van der Waals surface area contributed by atoms with Crippen molar-refractivity contribution in [1.82, 2.24) is 25.2 Å². The number of fused-ring (bicyclic) bond motifs is 1. The van der Waals surface area contributed by atoms with Gasteiger partial charge in [0.1, 0.15) is 12.1 Å². The highest BCUT2D eigenvalue weighted by atomic mass is 16.5. The van der Waals surface area contributed by atoms with E-state index < -0.39 is 0 Å². The lowest BCUT2D eigenvalue weighted by atomic mass is 9.96. The molecule has 0 saturated carbocycles. The molecule has 0 saturated heterocycles. The molecule has 2 aromatic rings. The van der Waals surface area contributed by atoms with Gasteiger partial charge in [-0.25, -0.2) is 0 Å². The van der Waals surface area contributed by atoms with E-state index in [9.17, 15) is 4.79 Å². The van der Waals surface area contributed by atoms with Crippen molar-refractivity contribution in [2.45, 2.75) is 52.1 Å². The monoisotopic (exact) mass is 289 g/mol. The summed E-state index contributed by atoms with van der Waals surface area (Å²) in [6.45, 7) is 3.28. The fraction of sp³-hybridized carbons (Fsp3) is 0.571. The molecular weight excluding hydrogens is 270 g/mol. The number of hydrogen-bond acceptors (Lipinski definition) is 5. The van der Waals surface area contributed by atoms with Crippen LogP contribution in [0.5, 0.6) is 0 Å². The second-order valence-electron chi connectivity index (χ2n) is 5.26. The standard InChI is InChI=1S/C14H19N5O2/c1-2-7-19-9-16-17-12(19)8-15-14(20)13-10-5-3-4-6-11(10)21-18-13/h9H,2-8H2,1H3,(H,15,20). The topological polar surface area (TPSA) is 85.8 Å². The van der Waals surface area contributed by atoms with Gasteiger partial charge in [0.25, 0.3) is 5.91 Å². The Morgan fingerprint density at radius 1 is 1.43 bits per heavy atom. The quantitative estimate of drug-likeness (QED) is 0.901. The van der Waals surface area contributed by atoms with E-state index in [1.165, 1.54) is 0 Å². The number of aromatic nitrogens is 4. The zero-order valence-corrected chi connectivity index (χ0v) is 12.1. The summed E-state index contributed by atoms with van der Waals surface area (Å²) in [6, 6.07) is 0. The number of nitrogens with zero attached hydrogens (tertiary/aromatic N) is 4. The maximum atomic E-state index is 12.3. The fourth-order valence-corrected chi connectivity index (χ4v) is 2.65. The van der Waals surface area contributed by atoms with Gasteiger partial charge in [-0.1, -0.05) is 12.1 Å². The molecule has 0 radical (unpaired) electrons. The van der Waals surface area contributed by atoms with Crippen LogP contribution in [-0.2, 0) is 25.9 Å². The molecule has 7 nitrogen and oxygen atoms in total. The first kappa shape index (κ1) is 13.8. The number of rotatable bonds is 5. The molecular formula is C14H19N5O2. The van der Waals surface area contributed by atoms with Crippen LogP contribution in [0.1, 0.15) is 53.8 Å². The minimum absolute atomic E-state index is 0.201. The summed E-state index contributed by atoms with van der Waals surface area (Å²) in [5, 5.41) is 14.7. The molecule has 1 aliphatic carbocycles. The highest BCUT2D eigenvalue weighted by Crippen LogP contribution is 2.24. The summed E-state index contributed by atoms with van der Waals surface area (Å²) < 4.78 is 7.21. The van der Waals surface area contributed by atoms with Crippen LogP contribution in [0.4, 0.5) is 0 Å². The minimum atomic E-state index is -0.201. The predicted octanol–water partition coefficient (Wildman–Crippen LogP) is 1.48. The van der Waals surface area contributed by atoms with Gasteiger partial charge >= 0.3 is 0 Å². The van der Waals surface area contributed by atoms with Crippen molar-refractivity contribution < 1.29 is 9.32 Å². The van der Waals surface area contributed by atoms with Crippen LogP contribution < -0.4 is 5.32 Å². The molecule has 112 valence electrons. The molecule has 2 heterocycles. The zero-order valence-electron chi connectivity index (χ0n) is 12.1. The van der Waals surface area contributed by atoms with Crippen molar-refractivity contribution >= 4 is 5.91 Å². The molecule has 3 rings (SSSR count). The van der Waals surface area contributed by atoms with Gasteiger partial charge in [-0.15, -0.1) is 10.2 Å². The van der Waals surface area contributed by atoms with Crippen LogP contribution in [0.15, 0.2) is 10.9 Å². The third kappa shape index (κ3) is 2.81. The average molecular weight is 289 g/mol. The zero-order chi connectivity index (χ0) is 14.7. The lowest BCUT2D eigenvalue weighted by Gasteiger charge is -2.09. The Morgan fingerprint density at radius 3 is 3.14 bits per heavy atom. The van der Waals surface area contributed by atoms with Crippen LogP contribution in [0.3, 0.4) is 0 Å². The summed E-state index contributed by atoms with van der Waals surface area (Å²) in [4.78, 5) is 12.3. The molecule has 0 aliphatic heterocycles. The molecule has 7 heteroatoms. The van der Waals surface area contributed by atoms with Gasteiger partial charge < -0.3 is 14.4 Å². The molecule has 1 amide bonds. The molecule has 21 heavy (non-hydrogen) atoms. The van der Waals surface area contributed by atoms with E-state index in [4.69, 9.17) is 4.52 Å². The van der Waals surface area contributed by atoms with Crippen LogP contribution in [0.25, 0.3) is 0 Å². The first-order chi connectivity index (χ1) is 10.3. The molecule has 0 spiro atoms. The Bertz CT molecular complexity index is 631. The van der Waals surface area contributed by atoms with Gasteiger partial charge in [-0.3, -0.25) is 4.79 Å².